The van der Waals surface area contributed by atoms with Crippen molar-refractivity contribution in [3.05, 3.63) is 35.4 Å². The van der Waals surface area contributed by atoms with E-state index in [9.17, 15) is 14.4 Å². The van der Waals surface area contributed by atoms with E-state index in [4.69, 9.17) is 15.0 Å². The summed E-state index contributed by atoms with van der Waals surface area (Å²) in [6.45, 7) is 13.5. The van der Waals surface area contributed by atoms with Crippen LogP contribution in [-0.2, 0) is 20.5 Å². The minimum atomic E-state index is -0.799. The van der Waals surface area contributed by atoms with E-state index in [1.165, 1.54) is 5.56 Å². The van der Waals surface area contributed by atoms with Gasteiger partial charge in [-0.2, -0.15) is 0 Å². The number of hydrogen-bond donors (Lipinski definition) is 4. The van der Waals surface area contributed by atoms with Crippen molar-refractivity contribution in [2.75, 3.05) is 6.54 Å². The molecule has 0 radical (unpaired) electrons. The molecule has 5 rings (SSSR count). The lowest BCUT2D eigenvalue weighted by atomic mass is 9.43. The molecular formula is C32H51BN4O5. The Hall–Kier alpha value is -2.59. The maximum absolute atomic E-state index is 13.8. The summed E-state index contributed by atoms with van der Waals surface area (Å²) >= 11 is 0. The van der Waals surface area contributed by atoms with Gasteiger partial charge in [-0.1, -0.05) is 53.2 Å². The Kier molecular flexibility index (Phi) is 10.3. The molecule has 4 amide bonds. The molecule has 9 nitrogen and oxygen atoms in total. The van der Waals surface area contributed by atoms with Gasteiger partial charge < -0.3 is 31.0 Å². The number of rotatable bonds is 14. The number of carbonyl (C=O) groups excluding carboxylic acids is 3. The fourth-order valence-corrected chi connectivity index (χ4v) is 7.33. The topological polar surface area (TPSA) is 132 Å². The van der Waals surface area contributed by atoms with Crippen LogP contribution < -0.4 is 21.7 Å². The van der Waals surface area contributed by atoms with E-state index in [-0.39, 0.29) is 34.9 Å². The molecule has 1 aromatic carbocycles. The summed E-state index contributed by atoms with van der Waals surface area (Å²) in [7, 11) is -0.551. The predicted molar refractivity (Wildman–Crippen MR) is 165 cm³/mol. The average molecular weight is 583 g/mol. The van der Waals surface area contributed by atoms with E-state index < -0.39 is 19.2 Å². The van der Waals surface area contributed by atoms with Gasteiger partial charge in [-0.25, -0.2) is 4.79 Å². The maximum atomic E-state index is 13.8. The van der Waals surface area contributed by atoms with Gasteiger partial charge in [0.1, 0.15) is 6.04 Å². The second-order valence-electron chi connectivity index (χ2n) is 13.8. The van der Waals surface area contributed by atoms with Crippen molar-refractivity contribution in [2.24, 2.45) is 28.9 Å². The van der Waals surface area contributed by atoms with Gasteiger partial charge in [0.2, 0.25) is 5.91 Å². The van der Waals surface area contributed by atoms with E-state index in [1.807, 2.05) is 12.1 Å². The second kappa shape index (κ2) is 13.4. The molecule has 1 heterocycles. The van der Waals surface area contributed by atoms with Crippen LogP contribution in [0.25, 0.3) is 0 Å². The lowest BCUT2D eigenvalue weighted by Crippen LogP contribution is -2.65. The lowest BCUT2D eigenvalue weighted by Gasteiger charge is -2.64. The van der Waals surface area contributed by atoms with Crippen molar-refractivity contribution in [1.82, 2.24) is 16.0 Å². The van der Waals surface area contributed by atoms with Gasteiger partial charge in [0.15, 0.2) is 0 Å². The van der Waals surface area contributed by atoms with Crippen LogP contribution in [0.15, 0.2) is 24.3 Å². The molecule has 1 aliphatic heterocycles. The third-order valence-electron chi connectivity index (χ3n) is 9.98. The van der Waals surface area contributed by atoms with Crippen molar-refractivity contribution in [3.63, 3.8) is 0 Å². The Balaban J connectivity index is 1.45. The van der Waals surface area contributed by atoms with Gasteiger partial charge in [-0.05, 0) is 92.7 Å². The summed E-state index contributed by atoms with van der Waals surface area (Å²) in [5.74, 6) is 0.393. The summed E-state index contributed by atoms with van der Waals surface area (Å²) in [6, 6.07) is 6.13. The number of carbonyl (C=O) groups is 3. The Morgan fingerprint density at radius 2 is 1.79 bits per heavy atom. The predicted octanol–water partition coefficient (Wildman–Crippen LogP) is 4.37. The SMILES string of the molecule is CCCCc1ccc(C(=O)NC(CCCNC(N)=O)C(=O)N[C@@H](CC(C)C)B2O[C@@H]3C[C@@H]4C[C@@H](C4(C)C)[C@]3(C)O2)cc1. The van der Waals surface area contributed by atoms with Crippen LogP contribution in [0.5, 0.6) is 0 Å². The van der Waals surface area contributed by atoms with E-state index in [0.717, 1.165) is 32.1 Å². The molecule has 4 fully saturated rings. The number of nitrogens with two attached hydrogens (primary N) is 1. The van der Waals surface area contributed by atoms with Gasteiger partial charge in [-0.15, -0.1) is 0 Å². The molecule has 232 valence electrons. The molecule has 10 heteroatoms. The van der Waals surface area contributed by atoms with Crippen LogP contribution in [0.2, 0.25) is 0 Å². The number of primary amides is 1. The largest absolute Gasteiger partial charge is 0.481 e. The first-order chi connectivity index (χ1) is 19.8. The zero-order valence-corrected chi connectivity index (χ0v) is 26.3. The average Bonchev–Trinajstić information content (AvgIpc) is 3.30. The molecule has 42 heavy (non-hydrogen) atoms. The molecule has 0 spiro atoms. The van der Waals surface area contributed by atoms with Crippen LogP contribution in [0.4, 0.5) is 4.79 Å². The normalized spacial score (nSPS) is 27.0. The molecule has 3 saturated carbocycles. The van der Waals surface area contributed by atoms with Crippen molar-refractivity contribution in [3.8, 4) is 0 Å². The summed E-state index contributed by atoms with van der Waals surface area (Å²) in [4.78, 5) is 38.2. The van der Waals surface area contributed by atoms with Crippen molar-refractivity contribution < 1.29 is 23.7 Å². The Labute approximate surface area is 251 Å². The van der Waals surface area contributed by atoms with Crippen molar-refractivity contribution in [1.29, 1.82) is 0 Å². The molecule has 1 unspecified atom stereocenters. The lowest BCUT2D eigenvalue weighted by molar-refractivity contribution is -0.199. The summed E-state index contributed by atoms with van der Waals surface area (Å²) in [6.07, 6.45) is 6.81. The monoisotopic (exact) mass is 582 g/mol. The number of unbranched alkanes of at least 4 members (excludes halogenated alkanes) is 1. The Bertz CT molecular complexity index is 1110. The van der Waals surface area contributed by atoms with Gasteiger partial charge in [0.25, 0.3) is 5.91 Å². The zero-order valence-electron chi connectivity index (χ0n) is 26.3. The fourth-order valence-electron chi connectivity index (χ4n) is 7.33. The highest BCUT2D eigenvalue weighted by Gasteiger charge is 2.68. The molecule has 4 aliphatic rings. The molecule has 3 aliphatic carbocycles. The quantitative estimate of drug-likeness (QED) is 0.191. The molecule has 6 atom stereocenters. The van der Waals surface area contributed by atoms with Gasteiger partial charge >= 0.3 is 13.1 Å². The van der Waals surface area contributed by atoms with Gasteiger partial charge in [0.05, 0.1) is 17.6 Å². The first kappa shape index (κ1) is 32.3. The van der Waals surface area contributed by atoms with Crippen LogP contribution in [-0.4, -0.2) is 55.2 Å². The molecular weight excluding hydrogens is 531 g/mol. The standard InChI is InChI=1S/C32H51BN4O5/c1-7-8-10-21-12-14-22(15-13-21)28(38)36-24(11-9-16-35-30(34)40)29(39)37-27(17-20(2)3)33-41-26-19-23-18-25(31(23,4)5)32(26,6)42-33/h12-15,20,23-27H,7-11,16-19H2,1-6H3,(H,36,38)(H,37,39)(H3,34,35,40)/t23-,24?,25-,26+,27-,32-/m0/s1. The third-order valence-corrected chi connectivity index (χ3v) is 9.98. The minimum Gasteiger partial charge on any atom is -0.404 e. The van der Waals surface area contributed by atoms with Crippen LogP contribution >= 0.6 is 0 Å². The Morgan fingerprint density at radius 3 is 2.40 bits per heavy atom. The fraction of sp³-hybridized carbons (Fsp3) is 0.719. The van der Waals surface area contributed by atoms with Crippen LogP contribution in [0, 0.1) is 23.2 Å². The molecule has 1 aromatic rings. The van der Waals surface area contributed by atoms with E-state index in [0.29, 0.717) is 49.1 Å². The smallest absolute Gasteiger partial charge is 0.404 e. The molecule has 1 saturated heterocycles. The van der Waals surface area contributed by atoms with Crippen molar-refractivity contribution >= 4 is 25.0 Å². The highest BCUT2D eigenvalue weighted by Crippen LogP contribution is 2.65. The van der Waals surface area contributed by atoms with Crippen molar-refractivity contribution in [2.45, 2.75) is 117 Å². The number of amides is 4. The summed E-state index contributed by atoms with van der Waals surface area (Å²) in [5, 5.41) is 8.69. The summed E-state index contributed by atoms with van der Waals surface area (Å²) in [5.41, 5.74) is 6.75. The van der Waals surface area contributed by atoms with E-state index in [2.05, 4.69) is 57.5 Å². The maximum Gasteiger partial charge on any atom is 0.481 e. The van der Waals surface area contributed by atoms with Crippen LogP contribution in [0.1, 0.15) is 102 Å². The summed E-state index contributed by atoms with van der Waals surface area (Å²) < 4.78 is 13.2. The third kappa shape index (κ3) is 7.13. The number of nitrogens with one attached hydrogen (secondary N) is 3. The highest BCUT2D eigenvalue weighted by molar-refractivity contribution is 6.48. The Morgan fingerprint density at radius 1 is 1.07 bits per heavy atom. The minimum absolute atomic E-state index is 0.0153. The van der Waals surface area contributed by atoms with Gasteiger partial charge in [-0.3, -0.25) is 9.59 Å². The number of benzene rings is 1. The zero-order chi connectivity index (χ0) is 30.7. The highest BCUT2D eigenvalue weighted by atomic mass is 16.7. The van der Waals surface area contributed by atoms with E-state index >= 15 is 0 Å². The van der Waals surface area contributed by atoms with E-state index in [1.54, 1.807) is 12.1 Å². The second-order valence-corrected chi connectivity index (χ2v) is 13.8. The molecule has 0 aromatic heterocycles. The molecule has 5 N–H and O–H groups in total. The van der Waals surface area contributed by atoms with Gasteiger partial charge in [0, 0.05) is 12.1 Å². The first-order valence-corrected chi connectivity index (χ1v) is 15.9. The molecule has 2 bridgehead atoms. The van der Waals surface area contributed by atoms with Crippen LogP contribution in [0.3, 0.4) is 0 Å². The number of aryl methyl sites for hydroxylation is 1. The number of urea groups is 1. The first-order valence-electron chi connectivity index (χ1n) is 15.9. The number of hydrogen-bond acceptors (Lipinski definition) is 5.